The fourth-order valence-electron chi connectivity index (χ4n) is 3.25. The molecule has 0 spiro atoms. The number of aliphatic imine (C=N–C) groups is 1. The van der Waals surface area contributed by atoms with Crippen LogP contribution in [0.2, 0.25) is 5.02 Å². The largest absolute Gasteiger partial charge is 0.289 e. The summed E-state index contributed by atoms with van der Waals surface area (Å²) >= 11 is 6.04. The average molecular weight is 404 g/mol. The van der Waals surface area contributed by atoms with E-state index < -0.39 is 17.9 Å². The molecule has 28 heavy (non-hydrogen) atoms. The van der Waals surface area contributed by atoms with E-state index in [2.05, 4.69) is 19.6 Å². The molecule has 150 valence electrons. The zero-order valence-electron chi connectivity index (χ0n) is 17.1. The van der Waals surface area contributed by atoms with Gasteiger partial charge in [-0.1, -0.05) is 56.3 Å². The molecule has 2 aromatic carbocycles. The summed E-state index contributed by atoms with van der Waals surface area (Å²) in [6, 6.07) is 9.29. The van der Waals surface area contributed by atoms with E-state index in [4.69, 9.17) is 16.6 Å². The lowest BCUT2D eigenvalue weighted by atomic mass is 9.77. The van der Waals surface area contributed by atoms with Crippen LogP contribution in [0.5, 0.6) is 0 Å². The lowest BCUT2D eigenvalue weighted by Gasteiger charge is -2.29. The van der Waals surface area contributed by atoms with Crippen molar-refractivity contribution in [3.8, 4) is 0 Å². The Hall–Kier alpha value is -2.00. The molecule has 0 fully saturated rings. The van der Waals surface area contributed by atoms with Gasteiger partial charge in [0.05, 0.1) is 11.7 Å². The van der Waals surface area contributed by atoms with Gasteiger partial charge in [-0.3, -0.25) is 9.38 Å². The van der Waals surface area contributed by atoms with E-state index in [1.807, 2.05) is 32.1 Å². The van der Waals surface area contributed by atoms with Crippen molar-refractivity contribution in [3.63, 3.8) is 0 Å². The normalized spacial score (nSPS) is 14.0. The van der Waals surface area contributed by atoms with E-state index >= 15 is 0 Å². The monoisotopic (exact) mass is 403 g/mol. The predicted molar refractivity (Wildman–Crippen MR) is 117 cm³/mol. The molecule has 2 rings (SSSR count). The molecule has 2 aromatic rings. The lowest BCUT2D eigenvalue weighted by Crippen LogP contribution is -2.29. The first kappa shape index (κ1) is 22.3. The molecule has 1 unspecified atom stereocenters. The Balaban J connectivity index is 2.49. The summed E-state index contributed by atoms with van der Waals surface area (Å²) in [5, 5.41) is 0.0212. The number of rotatable bonds is 8. The van der Waals surface area contributed by atoms with Gasteiger partial charge in [0.25, 0.3) is 0 Å². The number of halogens is 3. The second kappa shape index (κ2) is 9.47. The van der Waals surface area contributed by atoms with Crippen LogP contribution in [0.1, 0.15) is 54.5 Å². The van der Waals surface area contributed by atoms with E-state index in [0.717, 1.165) is 28.8 Å². The van der Waals surface area contributed by atoms with Gasteiger partial charge < -0.3 is 0 Å². The van der Waals surface area contributed by atoms with Gasteiger partial charge >= 0.3 is 0 Å². The van der Waals surface area contributed by atoms with Gasteiger partial charge in [-0.25, -0.2) is 4.39 Å². The number of benzene rings is 2. The number of nitrogens with zero attached hydrogens (tertiary/aromatic N) is 1. The zero-order chi connectivity index (χ0) is 20.9. The minimum Gasteiger partial charge on any atom is -0.289 e. The molecule has 0 N–H and O–H groups in total. The van der Waals surface area contributed by atoms with E-state index in [1.54, 1.807) is 13.0 Å². The lowest BCUT2D eigenvalue weighted by molar-refractivity contribution is 0.335. The van der Waals surface area contributed by atoms with Crippen LogP contribution in [-0.4, -0.2) is 18.9 Å². The molecule has 0 aliphatic rings. The molecule has 1 nitrogen and oxygen atoms in total. The fraction of sp³-hybridized carbons (Fsp3) is 0.375. The highest BCUT2D eigenvalue weighted by Crippen LogP contribution is 2.34. The van der Waals surface area contributed by atoms with Crippen molar-refractivity contribution in [3.05, 3.63) is 75.6 Å². The van der Waals surface area contributed by atoms with Crippen LogP contribution in [0, 0.1) is 19.7 Å². The summed E-state index contributed by atoms with van der Waals surface area (Å²) in [6.07, 6.45) is 3.12. The average Bonchev–Trinajstić information content (AvgIpc) is 2.68. The fourth-order valence-corrected chi connectivity index (χ4v) is 3.52. The maximum absolute atomic E-state index is 14.3. The first-order valence-electron chi connectivity index (χ1n) is 9.54. The van der Waals surface area contributed by atoms with Crippen LogP contribution in [0.25, 0.3) is 6.08 Å². The topological polar surface area (TPSA) is 12.4 Å². The van der Waals surface area contributed by atoms with Crippen LogP contribution in [-0.2, 0) is 5.41 Å². The minimum atomic E-state index is -0.848. The van der Waals surface area contributed by atoms with Gasteiger partial charge in [0.15, 0.2) is 0 Å². The highest BCUT2D eigenvalue weighted by Gasteiger charge is 2.30. The first-order chi connectivity index (χ1) is 13.3. The van der Waals surface area contributed by atoms with Crippen molar-refractivity contribution in [2.45, 2.75) is 46.0 Å². The maximum Gasteiger partial charge on any atom is 0.144 e. The summed E-state index contributed by atoms with van der Waals surface area (Å²) in [5.41, 5.74) is 4.23. The third-order valence-electron chi connectivity index (χ3n) is 5.11. The van der Waals surface area contributed by atoms with Crippen molar-refractivity contribution in [2.24, 2.45) is 4.99 Å². The minimum absolute atomic E-state index is 0.0212. The molecule has 1 atom stereocenters. The van der Waals surface area contributed by atoms with E-state index in [0.29, 0.717) is 24.1 Å². The Labute approximate surface area is 172 Å². The molecule has 0 saturated heterocycles. The molecular weight excluding hydrogens is 376 g/mol. The van der Waals surface area contributed by atoms with Gasteiger partial charge in [0.2, 0.25) is 0 Å². The van der Waals surface area contributed by atoms with E-state index in [-0.39, 0.29) is 5.02 Å². The zero-order valence-corrected chi connectivity index (χ0v) is 17.8. The Kier molecular flexibility index (Phi) is 7.54. The third-order valence-corrected chi connectivity index (χ3v) is 5.38. The van der Waals surface area contributed by atoms with Gasteiger partial charge in [0.1, 0.15) is 5.82 Å². The number of hydrogen-bond donors (Lipinski definition) is 0. The predicted octanol–water partition coefficient (Wildman–Crippen LogP) is 7.26. The maximum atomic E-state index is 14.3. The molecule has 4 heteroatoms. The van der Waals surface area contributed by atoms with Gasteiger partial charge in [0, 0.05) is 24.1 Å². The molecule has 0 heterocycles. The first-order valence-corrected chi connectivity index (χ1v) is 9.92. The molecule has 0 amide bonds. The quantitative estimate of drug-likeness (QED) is 0.411. The summed E-state index contributed by atoms with van der Waals surface area (Å²) in [5.74, 6) is -0.456. The summed E-state index contributed by atoms with van der Waals surface area (Å²) < 4.78 is 28.2. The van der Waals surface area contributed by atoms with Gasteiger partial charge in [-0.2, -0.15) is 0 Å². The van der Waals surface area contributed by atoms with Crippen molar-refractivity contribution in [1.29, 1.82) is 0 Å². The summed E-state index contributed by atoms with van der Waals surface area (Å²) in [7, 11) is 0. The molecular formula is C24H28ClF2N. The van der Waals surface area contributed by atoms with Crippen LogP contribution in [0.15, 0.2) is 41.9 Å². The van der Waals surface area contributed by atoms with Crippen molar-refractivity contribution >= 4 is 23.4 Å². The SMILES string of the molecule is C=Cc1ccc(/C(CC(C)(CF)c2cc(C)c(F)c(Cl)c2)=N/CCC)cc1C. The number of hydrogen-bond acceptors (Lipinski definition) is 1. The number of alkyl halides is 1. The standard InChI is InChI=1S/C24H28ClF2N/c1-6-10-28-22(19-9-8-18(7-2)16(3)11-19)14-24(5,15-26)20-12-17(4)23(27)21(25)13-20/h7-9,11-13H,2,6,10,14-15H2,1,3-5H3/b28-22+. The van der Waals surface area contributed by atoms with Gasteiger partial charge in [-0.05, 0) is 60.2 Å². The van der Waals surface area contributed by atoms with Crippen molar-refractivity contribution in [2.75, 3.05) is 13.2 Å². The molecule has 0 radical (unpaired) electrons. The third kappa shape index (κ3) is 4.88. The summed E-state index contributed by atoms with van der Waals surface area (Å²) in [4.78, 5) is 4.75. The molecule has 0 aromatic heterocycles. The Morgan fingerprint density at radius 2 is 1.93 bits per heavy atom. The Morgan fingerprint density at radius 1 is 1.21 bits per heavy atom. The van der Waals surface area contributed by atoms with E-state index in [1.165, 1.54) is 6.07 Å². The molecule has 0 aliphatic carbocycles. The van der Waals surface area contributed by atoms with Crippen molar-refractivity contribution in [1.82, 2.24) is 0 Å². The van der Waals surface area contributed by atoms with Crippen molar-refractivity contribution < 1.29 is 8.78 Å². The Bertz CT molecular complexity index is 865. The van der Waals surface area contributed by atoms with Crippen LogP contribution in [0.4, 0.5) is 8.78 Å². The van der Waals surface area contributed by atoms with Gasteiger partial charge in [-0.15, -0.1) is 0 Å². The number of aryl methyl sites for hydroxylation is 2. The Morgan fingerprint density at radius 3 is 2.46 bits per heavy atom. The molecule has 0 aliphatic heterocycles. The van der Waals surface area contributed by atoms with Crippen LogP contribution >= 0.6 is 11.6 Å². The second-order valence-corrected chi connectivity index (χ2v) is 7.97. The van der Waals surface area contributed by atoms with Crippen LogP contribution in [0.3, 0.4) is 0 Å². The van der Waals surface area contributed by atoms with E-state index in [9.17, 15) is 8.78 Å². The molecule has 0 bridgehead atoms. The highest BCUT2D eigenvalue weighted by molar-refractivity contribution is 6.30. The smallest absolute Gasteiger partial charge is 0.144 e. The highest BCUT2D eigenvalue weighted by atomic mass is 35.5. The molecule has 0 saturated carbocycles. The second-order valence-electron chi connectivity index (χ2n) is 7.56. The summed E-state index contributed by atoms with van der Waals surface area (Å²) in [6.45, 7) is 11.5. The van der Waals surface area contributed by atoms with Crippen LogP contribution < -0.4 is 0 Å².